The van der Waals surface area contributed by atoms with Gasteiger partial charge in [-0.15, -0.1) is 0 Å². The summed E-state index contributed by atoms with van der Waals surface area (Å²) < 4.78 is 10.0. The van der Waals surface area contributed by atoms with Crippen LogP contribution in [0.25, 0.3) is 0 Å². The van der Waals surface area contributed by atoms with Crippen LogP contribution in [0.15, 0.2) is 54.6 Å². The Morgan fingerprint density at radius 2 is 1.65 bits per heavy atom. The van der Waals surface area contributed by atoms with Crippen molar-refractivity contribution in [3.8, 4) is 5.75 Å². The number of methoxy groups -OCH3 is 2. The second-order valence-corrected chi connectivity index (χ2v) is 5.69. The Morgan fingerprint density at radius 3 is 2.22 bits per heavy atom. The van der Waals surface area contributed by atoms with Gasteiger partial charge in [-0.05, 0) is 36.2 Å². The summed E-state index contributed by atoms with van der Waals surface area (Å²) in [6, 6.07) is 16.4. The van der Waals surface area contributed by atoms with Crippen molar-refractivity contribution >= 4 is 11.8 Å². The largest absolute Gasteiger partial charge is 0.497 e. The summed E-state index contributed by atoms with van der Waals surface area (Å²) in [4.78, 5) is 25.3. The summed E-state index contributed by atoms with van der Waals surface area (Å²) in [5.74, 6) is -0.122. The maximum atomic E-state index is 13.0. The van der Waals surface area contributed by atoms with Crippen molar-refractivity contribution in [3.63, 3.8) is 0 Å². The number of esters is 1. The zero-order valence-electron chi connectivity index (χ0n) is 13.1. The number of rotatable bonds is 5. The van der Waals surface area contributed by atoms with E-state index < -0.39 is 11.4 Å². The Labute approximate surface area is 135 Å². The fraction of sp³-hybridized carbons (Fsp3) is 0.263. The number of carbonyl (C=O) groups excluding carboxylic acids is 2. The first-order chi connectivity index (χ1) is 11.1. The quantitative estimate of drug-likeness (QED) is 0.483. The molecule has 0 aromatic heterocycles. The fourth-order valence-electron chi connectivity index (χ4n) is 3.10. The van der Waals surface area contributed by atoms with Crippen molar-refractivity contribution in [1.82, 2.24) is 0 Å². The maximum Gasteiger partial charge on any atom is 0.320 e. The van der Waals surface area contributed by atoms with Gasteiger partial charge >= 0.3 is 5.97 Å². The van der Waals surface area contributed by atoms with Crippen molar-refractivity contribution in [2.75, 3.05) is 14.2 Å². The third kappa shape index (κ3) is 2.50. The van der Waals surface area contributed by atoms with Gasteiger partial charge in [-0.1, -0.05) is 30.3 Å². The minimum atomic E-state index is -1.11. The van der Waals surface area contributed by atoms with Gasteiger partial charge in [0.1, 0.15) is 11.2 Å². The van der Waals surface area contributed by atoms with Crippen molar-refractivity contribution in [1.29, 1.82) is 0 Å². The molecule has 0 aliphatic heterocycles. The summed E-state index contributed by atoms with van der Waals surface area (Å²) >= 11 is 0. The average molecular weight is 310 g/mol. The van der Waals surface area contributed by atoms with Crippen molar-refractivity contribution in [2.24, 2.45) is 5.41 Å². The van der Waals surface area contributed by atoms with Gasteiger partial charge in [-0.3, -0.25) is 9.59 Å². The van der Waals surface area contributed by atoms with E-state index in [2.05, 4.69) is 0 Å². The van der Waals surface area contributed by atoms with Gasteiger partial charge < -0.3 is 9.47 Å². The zero-order valence-corrected chi connectivity index (χ0v) is 13.1. The van der Waals surface area contributed by atoms with E-state index in [0.29, 0.717) is 17.7 Å². The van der Waals surface area contributed by atoms with E-state index in [4.69, 9.17) is 9.47 Å². The van der Waals surface area contributed by atoms with Gasteiger partial charge in [0, 0.05) is 11.5 Å². The van der Waals surface area contributed by atoms with Crippen LogP contribution in [-0.2, 0) is 9.53 Å². The molecule has 118 valence electrons. The molecule has 0 amide bonds. The van der Waals surface area contributed by atoms with Crippen LogP contribution in [0.4, 0.5) is 0 Å². The molecule has 0 saturated heterocycles. The molecule has 4 nitrogen and oxygen atoms in total. The topological polar surface area (TPSA) is 52.6 Å². The summed E-state index contributed by atoms with van der Waals surface area (Å²) in [6.07, 6.45) is 0.481. The number of carbonyl (C=O) groups is 2. The molecule has 1 aliphatic rings. The molecular weight excluding hydrogens is 292 g/mol. The monoisotopic (exact) mass is 310 g/mol. The van der Waals surface area contributed by atoms with Crippen LogP contribution in [0.5, 0.6) is 5.75 Å². The highest BCUT2D eigenvalue weighted by Crippen LogP contribution is 2.61. The second kappa shape index (κ2) is 5.88. The predicted molar refractivity (Wildman–Crippen MR) is 85.6 cm³/mol. The Balaban J connectivity index is 1.94. The highest BCUT2D eigenvalue weighted by Gasteiger charge is 2.66. The Hall–Kier alpha value is -2.62. The van der Waals surface area contributed by atoms with Crippen LogP contribution in [0, 0.1) is 5.41 Å². The van der Waals surface area contributed by atoms with Crippen molar-refractivity contribution in [3.05, 3.63) is 65.7 Å². The first-order valence-electron chi connectivity index (χ1n) is 7.45. The van der Waals surface area contributed by atoms with Gasteiger partial charge in [0.05, 0.1) is 14.2 Å². The highest BCUT2D eigenvalue weighted by molar-refractivity contribution is 6.16. The first kappa shape index (κ1) is 15.3. The first-order valence-corrected chi connectivity index (χ1v) is 7.45. The summed E-state index contributed by atoms with van der Waals surface area (Å²) in [5, 5.41) is 0. The smallest absolute Gasteiger partial charge is 0.320 e. The number of ether oxygens (including phenoxy) is 2. The fourth-order valence-corrected chi connectivity index (χ4v) is 3.10. The molecule has 3 rings (SSSR count). The molecule has 0 bridgehead atoms. The third-order valence-corrected chi connectivity index (χ3v) is 4.47. The lowest BCUT2D eigenvalue weighted by Gasteiger charge is -2.14. The van der Waals surface area contributed by atoms with E-state index in [9.17, 15) is 9.59 Å². The highest BCUT2D eigenvalue weighted by atomic mass is 16.5. The molecule has 23 heavy (non-hydrogen) atoms. The Kier molecular flexibility index (Phi) is 3.90. The lowest BCUT2D eigenvalue weighted by molar-refractivity contribution is -0.145. The van der Waals surface area contributed by atoms with Crippen LogP contribution in [0.3, 0.4) is 0 Å². The maximum absolute atomic E-state index is 13.0. The standard InChI is InChI=1S/C19H18O4/c1-22-15-10-8-14(9-11-15)17(20)19(18(21)23-2)12-16(19)13-6-4-3-5-7-13/h3-11,16H,12H2,1-2H3/t16-,19-/m0/s1. The lowest BCUT2D eigenvalue weighted by Crippen LogP contribution is -2.29. The number of ketones is 1. The molecule has 1 aliphatic carbocycles. The van der Waals surface area contributed by atoms with Crippen LogP contribution >= 0.6 is 0 Å². The zero-order chi connectivity index (χ0) is 16.4. The molecule has 2 aromatic rings. The normalized spacial score (nSPS) is 22.3. The predicted octanol–water partition coefficient (Wildman–Crippen LogP) is 3.22. The molecule has 0 spiro atoms. The van der Waals surface area contributed by atoms with Gasteiger partial charge in [0.25, 0.3) is 0 Å². The van der Waals surface area contributed by atoms with Gasteiger partial charge in [-0.25, -0.2) is 0 Å². The molecule has 0 radical (unpaired) electrons. The number of hydrogen-bond donors (Lipinski definition) is 0. The summed E-state index contributed by atoms with van der Waals surface area (Å²) in [6.45, 7) is 0. The molecule has 2 aromatic carbocycles. The van der Waals surface area contributed by atoms with E-state index >= 15 is 0 Å². The van der Waals surface area contributed by atoms with E-state index in [1.807, 2.05) is 30.3 Å². The lowest BCUT2D eigenvalue weighted by atomic mass is 9.90. The minimum absolute atomic E-state index is 0.134. The second-order valence-electron chi connectivity index (χ2n) is 5.69. The molecule has 0 heterocycles. The van der Waals surface area contributed by atoms with Gasteiger partial charge in [0.15, 0.2) is 5.78 Å². The SMILES string of the molecule is COC(=O)[C@@]1(C(=O)c2ccc(OC)cc2)C[C@H]1c1ccccc1. The van der Waals surface area contributed by atoms with E-state index in [1.165, 1.54) is 7.11 Å². The van der Waals surface area contributed by atoms with Crippen molar-refractivity contribution < 1.29 is 19.1 Å². The van der Waals surface area contributed by atoms with Gasteiger partial charge in [0.2, 0.25) is 0 Å². The Bertz CT molecular complexity index is 721. The molecule has 2 atom stereocenters. The molecular formula is C19H18O4. The molecule has 1 fully saturated rings. The molecule has 0 unspecified atom stereocenters. The molecule has 0 N–H and O–H groups in total. The van der Waals surface area contributed by atoms with E-state index in [0.717, 1.165) is 5.56 Å². The number of benzene rings is 2. The van der Waals surface area contributed by atoms with E-state index in [-0.39, 0.29) is 11.7 Å². The summed E-state index contributed by atoms with van der Waals surface area (Å²) in [7, 11) is 2.89. The van der Waals surface area contributed by atoms with Crippen LogP contribution < -0.4 is 4.74 Å². The third-order valence-electron chi connectivity index (χ3n) is 4.47. The van der Waals surface area contributed by atoms with Gasteiger partial charge in [-0.2, -0.15) is 0 Å². The van der Waals surface area contributed by atoms with Crippen LogP contribution in [-0.4, -0.2) is 26.0 Å². The Morgan fingerprint density at radius 1 is 1.00 bits per heavy atom. The van der Waals surface area contributed by atoms with E-state index in [1.54, 1.807) is 31.4 Å². The van der Waals surface area contributed by atoms with Crippen LogP contribution in [0.2, 0.25) is 0 Å². The molecule has 1 saturated carbocycles. The van der Waals surface area contributed by atoms with Crippen molar-refractivity contribution in [2.45, 2.75) is 12.3 Å². The average Bonchev–Trinajstić information content (AvgIpc) is 3.38. The minimum Gasteiger partial charge on any atom is -0.497 e. The van der Waals surface area contributed by atoms with Crippen LogP contribution in [0.1, 0.15) is 28.3 Å². The molecule has 4 heteroatoms. The number of Topliss-reactive ketones (excluding diaryl/α,β-unsaturated/α-hetero) is 1. The number of hydrogen-bond acceptors (Lipinski definition) is 4. The summed E-state index contributed by atoms with van der Waals surface area (Å²) in [5.41, 5.74) is 0.374.